The number of furan rings is 1. The van der Waals surface area contributed by atoms with Gasteiger partial charge in [-0.2, -0.15) is 0 Å². The van der Waals surface area contributed by atoms with E-state index in [1.807, 2.05) is 6.92 Å². The molecule has 0 saturated heterocycles. The van der Waals surface area contributed by atoms with Crippen molar-refractivity contribution in [3.63, 3.8) is 0 Å². The van der Waals surface area contributed by atoms with Crippen molar-refractivity contribution in [1.82, 2.24) is 4.90 Å². The molecule has 0 aliphatic heterocycles. The molecule has 7 heteroatoms. The fraction of sp³-hybridized carbons (Fsp3) is 0.333. The van der Waals surface area contributed by atoms with Crippen LogP contribution in [0.1, 0.15) is 39.8 Å². The van der Waals surface area contributed by atoms with Gasteiger partial charge in [-0.3, -0.25) is 9.59 Å². The number of nitrogens with zero attached hydrogens (tertiary/aromatic N) is 1. The molecule has 2 aromatic rings. The molecular formula is C18H20F2N2O3. The molecule has 0 bridgehead atoms. The number of aryl methyl sites for hydroxylation is 1. The van der Waals surface area contributed by atoms with Gasteiger partial charge in [0.2, 0.25) is 0 Å². The van der Waals surface area contributed by atoms with Crippen molar-refractivity contribution in [1.29, 1.82) is 0 Å². The zero-order chi connectivity index (χ0) is 18.4. The highest BCUT2D eigenvalue weighted by Crippen LogP contribution is 2.20. The summed E-state index contributed by atoms with van der Waals surface area (Å²) >= 11 is 0. The second-order valence-electron chi connectivity index (χ2n) is 5.60. The molecule has 1 heterocycles. The molecule has 0 fully saturated rings. The van der Waals surface area contributed by atoms with Gasteiger partial charge in [-0.05, 0) is 43.2 Å². The van der Waals surface area contributed by atoms with Crippen molar-refractivity contribution in [2.45, 2.75) is 26.7 Å². The van der Waals surface area contributed by atoms with Crippen LogP contribution in [-0.4, -0.2) is 36.2 Å². The fourth-order valence-corrected chi connectivity index (χ4v) is 2.38. The van der Waals surface area contributed by atoms with Gasteiger partial charge in [0.15, 0.2) is 5.76 Å². The van der Waals surface area contributed by atoms with Crippen LogP contribution in [0.4, 0.5) is 14.5 Å². The van der Waals surface area contributed by atoms with E-state index in [-0.39, 0.29) is 17.9 Å². The average Bonchev–Trinajstić information content (AvgIpc) is 3.10. The first-order valence-corrected chi connectivity index (χ1v) is 7.95. The van der Waals surface area contributed by atoms with Crippen molar-refractivity contribution >= 4 is 17.5 Å². The molecular weight excluding hydrogens is 330 g/mol. The predicted molar refractivity (Wildman–Crippen MR) is 90.0 cm³/mol. The van der Waals surface area contributed by atoms with E-state index in [1.54, 1.807) is 25.1 Å². The molecule has 0 aliphatic carbocycles. The number of carbonyl (C=O) groups is 2. The highest BCUT2D eigenvalue weighted by atomic mass is 19.3. The third-order valence-corrected chi connectivity index (χ3v) is 3.62. The van der Waals surface area contributed by atoms with Crippen LogP contribution in [0.2, 0.25) is 0 Å². The van der Waals surface area contributed by atoms with Gasteiger partial charge in [0, 0.05) is 17.8 Å². The number of rotatable bonds is 7. The van der Waals surface area contributed by atoms with Crippen molar-refractivity contribution < 1.29 is 22.8 Å². The van der Waals surface area contributed by atoms with Crippen molar-refractivity contribution in [2.24, 2.45) is 0 Å². The van der Waals surface area contributed by atoms with Gasteiger partial charge in [-0.1, -0.05) is 13.0 Å². The summed E-state index contributed by atoms with van der Waals surface area (Å²) in [5.41, 5.74) is 1.42. The number of hydrogen-bond acceptors (Lipinski definition) is 3. The Kier molecular flexibility index (Phi) is 6.27. The Balaban J connectivity index is 2.21. The van der Waals surface area contributed by atoms with E-state index >= 15 is 0 Å². The molecule has 2 amide bonds. The first kappa shape index (κ1) is 18.6. The van der Waals surface area contributed by atoms with Crippen molar-refractivity contribution in [3.8, 4) is 0 Å². The number of halogens is 2. The maximum atomic E-state index is 12.7. The molecule has 0 atom stereocenters. The third-order valence-electron chi connectivity index (χ3n) is 3.62. The molecule has 2 rings (SSSR count). The van der Waals surface area contributed by atoms with Crippen LogP contribution in [0.5, 0.6) is 0 Å². The smallest absolute Gasteiger partial charge is 0.291 e. The van der Waals surface area contributed by atoms with Crippen LogP contribution in [0.25, 0.3) is 0 Å². The van der Waals surface area contributed by atoms with Crippen LogP contribution in [-0.2, 0) is 0 Å². The van der Waals surface area contributed by atoms with Crippen molar-refractivity contribution in [3.05, 3.63) is 53.5 Å². The molecule has 1 N–H and O–H groups in total. The number of amides is 2. The standard InChI is InChI=1S/C18H20F2N2O3/c1-3-8-22(11-16(19)20)18(24)13-7-6-12(2)14(10-13)21-17(23)15-5-4-9-25-15/h4-7,9-10,16H,3,8,11H2,1-2H3,(H,21,23). The molecule has 25 heavy (non-hydrogen) atoms. The van der Waals surface area contributed by atoms with E-state index in [0.29, 0.717) is 12.1 Å². The first-order valence-electron chi connectivity index (χ1n) is 7.95. The monoisotopic (exact) mass is 350 g/mol. The minimum absolute atomic E-state index is 0.140. The summed E-state index contributed by atoms with van der Waals surface area (Å²) in [5.74, 6) is -0.798. The summed E-state index contributed by atoms with van der Waals surface area (Å²) in [5, 5.41) is 2.67. The van der Waals surface area contributed by atoms with E-state index < -0.39 is 24.8 Å². The molecule has 1 aromatic heterocycles. The maximum Gasteiger partial charge on any atom is 0.291 e. The lowest BCUT2D eigenvalue weighted by Gasteiger charge is -2.22. The highest BCUT2D eigenvalue weighted by Gasteiger charge is 2.20. The number of nitrogens with one attached hydrogen (secondary N) is 1. The molecule has 5 nitrogen and oxygen atoms in total. The Labute approximate surface area is 144 Å². The fourth-order valence-electron chi connectivity index (χ4n) is 2.38. The SMILES string of the molecule is CCCN(CC(F)F)C(=O)c1ccc(C)c(NC(=O)c2ccco2)c1. The predicted octanol–water partition coefficient (Wildman–Crippen LogP) is 3.96. The second-order valence-corrected chi connectivity index (χ2v) is 5.60. The van der Waals surface area contributed by atoms with E-state index in [9.17, 15) is 18.4 Å². The quantitative estimate of drug-likeness (QED) is 0.822. The topological polar surface area (TPSA) is 62.6 Å². The van der Waals surface area contributed by atoms with E-state index in [2.05, 4.69) is 5.32 Å². The highest BCUT2D eigenvalue weighted by molar-refractivity contribution is 6.03. The van der Waals surface area contributed by atoms with Gasteiger partial charge >= 0.3 is 0 Å². The van der Waals surface area contributed by atoms with Crippen LogP contribution in [0.3, 0.4) is 0 Å². The molecule has 1 aromatic carbocycles. The Morgan fingerprint density at radius 1 is 1.28 bits per heavy atom. The third kappa shape index (κ3) is 4.89. The summed E-state index contributed by atoms with van der Waals surface area (Å²) in [6.07, 6.45) is -0.639. The zero-order valence-corrected chi connectivity index (χ0v) is 14.1. The van der Waals surface area contributed by atoms with E-state index in [0.717, 1.165) is 10.5 Å². The van der Waals surface area contributed by atoms with E-state index in [4.69, 9.17) is 4.42 Å². The number of hydrogen-bond donors (Lipinski definition) is 1. The second kappa shape index (κ2) is 8.41. The number of anilines is 1. The number of alkyl halides is 2. The van der Waals surface area contributed by atoms with Gasteiger partial charge in [0.05, 0.1) is 12.8 Å². The first-order chi connectivity index (χ1) is 11.9. The van der Waals surface area contributed by atoms with Crippen molar-refractivity contribution in [2.75, 3.05) is 18.4 Å². The van der Waals surface area contributed by atoms with E-state index in [1.165, 1.54) is 18.4 Å². The normalized spacial score (nSPS) is 10.8. The van der Waals surface area contributed by atoms with Crippen LogP contribution in [0, 0.1) is 6.92 Å². The summed E-state index contributed by atoms with van der Waals surface area (Å²) in [6.45, 7) is 3.21. The largest absolute Gasteiger partial charge is 0.459 e. The number of benzene rings is 1. The zero-order valence-electron chi connectivity index (χ0n) is 14.1. The summed E-state index contributed by atoms with van der Waals surface area (Å²) in [7, 11) is 0. The van der Waals surface area contributed by atoms with Crippen LogP contribution in [0.15, 0.2) is 41.0 Å². The maximum absolute atomic E-state index is 12.7. The Morgan fingerprint density at radius 2 is 2.04 bits per heavy atom. The minimum atomic E-state index is -2.60. The summed E-state index contributed by atoms with van der Waals surface area (Å²) < 4.78 is 30.4. The Morgan fingerprint density at radius 3 is 2.64 bits per heavy atom. The van der Waals surface area contributed by atoms with Gasteiger partial charge in [-0.25, -0.2) is 8.78 Å². The Hall–Kier alpha value is -2.70. The molecule has 134 valence electrons. The lowest BCUT2D eigenvalue weighted by molar-refractivity contribution is 0.0555. The molecule has 0 radical (unpaired) electrons. The lowest BCUT2D eigenvalue weighted by Crippen LogP contribution is -2.35. The summed E-state index contributed by atoms with van der Waals surface area (Å²) in [4.78, 5) is 25.7. The molecule has 0 saturated carbocycles. The van der Waals surface area contributed by atoms with Crippen LogP contribution < -0.4 is 5.32 Å². The lowest BCUT2D eigenvalue weighted by atomic mass is 10.1. The van der Waals surface area contributed by atoms with Gasteiger partial charge in [0.1, 0.15) is 0 Å². The van der Waals surface area contributed by atoms with Gasteiger partial charge in [-0.15, -0.1) is 0 Å². The minimum Gasteiger partial charge on any atom is -0.459 e. The Bertz CT molecular complexity index is 730. The molecule has 0 unspecified atom stereocenters. The summed E-state index contributed by atoms with van der Waals surface area (Å²) in [6, 6.07) is 7.83. The molecule has 0 spiro atoms. The average molecular weight is 350 g/mol. The van der Waals surface area contributed by atoms with Gasteiger partial charge in [0.25, 0.3) is 18.2 Å². The van der Waals surface area contributed by atoms with Gasteiger partial charge < -0.3 is 14.6 Å². The molecule has 0 aliphatic rings. The van der Waals surface area contributed by atoms with Crippen LogP contribution >= 0.6 is 0 Å². The number of carbonyl (C=O) groups excluding carboxylic acids is 2.